The van der Waals surface area contributed by atoms with E-state index in [0.29, 0.717) is 17.7 Å². The summed E-state index contributed by atoms with van der Waals surface area (Å²) in [5, 5.41) is 5.55. The summed E-state index contributed by atoms with van der Waals surface area (Å²) in [7, 11) is 2.18. The number of pyridine rings is 1. The molecule has 3 heterocycles. The van der Waals surface area contributed by atoms with Crippen LogP contribution in [-0.2, 0) is 32.7 Å². The predicted molar refractivity (Wildman–Crippen MR) is 144 cm³/mol. The minimum atomic E-state index is 0. The van der Waals surface area contributed by atoms with Crippen LogP contribution in [0, 0.1) is 18.9 Å². The quantitative estimate of drug-likeness (QED) is 0.287. The molecule has 0 amide bonds. The minimum Gasteiger partial charge on any atom is -0.382 e. The van der Waals surface area contributed by atoms with Gasteiger partial charge in [-0.05, 0) is 61.6 Å². The molecule has 1 aliphatic carbocycles. The summed E-state index contributed by atoms with van der Waals surface area (Å²) in [6.45, 7) is 6.49. The third kappa shape index (κ3) is 4.69. The number of nitrogens with zero attached hydrogens (tertiary/aromatic N) is 6. The Bertz CT molecular complexity index is 1560. The summed E-state index contributed by atoms with van der Waals surface area (Å²) in [4.78, 5) is 16.8. The average Bonchev–Trinajstić information content (AvgIpc) is 3.26. The Hall–Kier alpha value is -2.74. The van der Waals surface area contributed by atoms with Crippen LogP contribution in [0.1, 0.15) is 37.1 Å². The van der Waals surface area contributed by atoms with Crippen LogP contribution in [0.3, 0.4) is 0 Å². The second kappa shape index (κ2) is 10.6. The zero-order valence-corrected chi connectivity index (χ0v) is 24.4. The fourth-order valence-corrected chi connectivity index (χ4v) is 5.37. The van der Waals surface area contributed by atoms with E-state index >= 15 is 0 Å². The summed E-state index contributed by atoms with van der Waals surface area (Å²) >= 11 is 0. The number of imidazole rings is 1. The van der Waals surface area contributed by atoms with Crippen LogP contribution in [0.2, 0.25) is 0 Å². The standard InChI is InChI=1S/C29H30N7.Y/c1-4-35(3)16-19-14-22(15-19)29-34-26(27-28(30)31-17-32-36(27)29)23-12-10-21-11-13-24(33-25(21)18(23)2)20-8-6-5-7-9-20;/h5-10,12-13,17,19,22H,4,14-16H2,1-3H3,(H2,30,31,32);/q-1;. The van der Waals surface area contributed by atoms with Crippen molar-refractivity contribution >= 4 is 22.2 Å². The fourth-order valence-electron chi connectivity index (χ4n) is 5.37. The van der Waals surface area contributed by atoms with Gasteiger partial charge in [-0.25, -0.2) is 14.5 Å². The number of nitrogens with two attached hydrogens (primary N) is 1. The molecular weight excluding hydrogens is 535 g/mol. The molecule has 8 heteroatoms. The maximum Gasteiger partial charge on any atom is 0.153 e. The van der Waals surface area contributed by atoms with Crippen LogP contribution < -0.4 is 5.73 Å². The maximum atomic E-state index is 6.40. The second-order valence-electron chi connectivity index (χ2n) is 9.90. The Labute approximate surface area is 242 Å². The van der Waals surface area contributed by atoms with Crippen LogP contribution in [0.4, 0.5) is 5.82 Å². The van der Waals surface area contributed by atoms with Gasteiger partial charge in [0.15, 0.2) is 5.82 Å². The van der Waals surface area contributed by atoms with Gasteiger partial charge in [0.05, 0.1) is 0 Å². The molecule has 0 spiro atoms. The number of hydrogen-bond donors (Lipinski definition) is 1. The van der Waals surface area contributed by atoms with Crippen LogP contribution in [-0.4, -0.2) is 49.6 Å². The summed E-state index contributed by atoms with van der Waals surface area (Å²) in [6, 6.07) is 19.7. The second-order valence-corrected chi connectivity index (χ2v) is 9.90. The van der Waals surface area contributed by atoms with Gasteiger partial charge in [0.25, 0.3) is 0 Å². The molecule has 6 rings (SSSR count). The summed E-state index contributed by atoms with van der Waals surface area (Å²) < 4.78 is 1.91. The van der Waals surface area contributed by atoms with E-state index in [1.54, 1.807) is 0 Å². The number of aromatic nitrogens is 5. The third-order valence-electron chi connectivity index (χ3n) is 7.55. The van der Waals surface area contributed by atoms with Crippen molar-refractivity contribution in [3.05, 3.63) is 72.3 Å². The van der Waals surface area contributed by atoms with Crippen molar-refractivity contribution < 1.29 is 32.7 Å². The largest absolute Gasteiger partial charge is 0.382 e. The SMILES string of the molecule is CCN(C)CC1CC(c2nc(-c3ccc4[c-]cc(-c5ccccc5)nc4c3C)c3c(N)ncnn23)C1.[Y]. The molecule has 0 bridgehead atoms. The molecule has 7 nitrogen and oxygen atoms in total. The molecule has 3 aromatic heterocycles. The number of aryl methyl sites for hydroxylation is 1. The first-order valence-corrected chi connectivity index (χ1v) is 12.6. The van der Waals surface area contributed by atoms with Crippen molar-refractivity contribution in [2.45, 2.75) is 32.6 Å². The summed E-state index contributed by atoms with van der Waals surface area (Å²) in [5.41, 5.74) is 12.9. The van der Waals surface area contributed by atoms with Gasteiger partial charge in [0.1, 0.15) is 23.4 Å². The average molecular weight is 566 g/mol. The molecule has 1 saturated carbocycles. The predicted octanol–water partition coefficient (Wildman–Crippen LogP) is 5.14. The zero-order chi connectivity index (χ0) is 24.8. The first kappa shape index (κ1) is 25.9. The van der Waals surface area contributed by atoms with Gasteiger partial charge in [-0.15, -0.1) is 23.6 Å². The maximum absolute atomic E-state index is 6.40. The molecule has 37 heavy (non-hydrogen) atoms. The van der Waals surface area contributed by atoms with Gasteiger partial charge >= 0.3 is 0 Å². The number of fused-ring (bicyclic) bond motifs is 2. The van der Waals surface area contributed by atoms with Gasteiger partial charge < -0.3 is 15.6 Å². The Morgan fingerprint density at radius 1 is 1.11 bits per heavy atom. The third-order valence-corrected chi connectivity index (χ3v) is 7.55. The smallest absolute Gasteiger partial charge is 0.153 e. The summed E-state index contributed by atoms with van der Waals surface area (Å²) in [5.74, 6) is 2.47. The van der Waals surface area contributed by atoms with Crippen molar-refractivity contribution in [2.24, 2.45) is 5.92 Å². The molecule has 1 aliphatic rings. The van der Waals surface area contributed by atoms with Gasteiger partial charge in [0, 0.05) is 45.2 Å². The zero-order valence-electron chi connectivity index (χ0n) is 21.5. The van der Waals surface area contributed by atoms with Crippen LogP contribution >= 0.6 is 0 Å². The fraction of sp³-hybridized carbons (Fsp3) is 0.310. The van der Waals surface area contributed by atoms with Crippen molar-refractivity contribution in [1.29, 1.82) is 0 Å². The monoisotopic (exact) mass is 565 g/mol. The van der Waals surface area contributed by atoms with Gasteiger partial charge in [-0.1, -0.05) is 48.9 Å². The van der Waals surface area contributed by atoms with Crippen molar-refractivity contribution in [1.82, 2.24) is 29.5 Å². The van der Waals surface area contributed by atoms with Crippen molar-refractivity contribution in [3.63, 3.8) is 0 Å². The molecule has 0 aliphatic heterocycles. The first-order valence-electron chi connectivity index (χ1n) is 12.6. The van der Waals surface area contributed by atoms with Crippen LogP contribution in [0.15, 0.2) is 54.9 Å². The van der Waals surface area contributed by atoms with Crippen molar-refractivity contribution in [2.75, 3.05) is 25.9 Å². The van der Waals surface area contributed by atoms with E-state index in [9.17, 15) is 0 Å². The number of rotatable bonds is 6. The molecule has 0 atom stereocenters. The van der Waals surface area contributed by atoms with E-state index in [1.807, 2.05) is 28.8 Å². The topological polar surface area (TPSA) is 85.2 Å². The van der Waals surface area contributed by atoms with Crippen LogP contribution in [0.5, 0.6) is 0 Å². The van der Waals surface area contributed by atoms with E-state index < -0.39 is 0 Å². The molecule has 1 radical (unpaired) electrons. The molecule has 2 N–H and O–H groups in total. The number of hydrogen-bond acceptors (Lipinski definition) is 6. The minimum absolute atomic E-state index is 0. The van der Waals surface area contributed by atoms with E-state index in [2.05, 4.69) is 66.2 Å². The molecule has 2 aromatic carbocycles. The summed E-state index contributed by atoms with van der Waals surface area (Å²) in [6.07, 6.45) is 3.75. The van der Waals surface area contributed by atoms with E-state index in [-0.39, 0.29) is 32.7 Å². The molecule has 185 valence electrons. The van der Waals surface area contributed by atoms with Gasteiger partial charge in [0.2, 0.25) is 0 Å². The van der Waals surface area contributed by atoms with E-state index in [4.69, 9.17) is 15.7 Å². The Balaban J connectivity index is 0.00000280. The molecule has 5 aromatic rings. The number of benzene rings is 2. The van der Waals surface area contributed by atoms with E-state index in [1.165, 1.54) is 6.33 Å². The first-order chi connectivity index (χ1) is 17.5. The Morgan fingerprint density at radius 2 is 1.89 bits per heavy atom. The molecule has 0 saturated heterocycles. The van der Waals surface area contributed by atoms with Gasteiger partial charge in [-0.2, -0.15) is 5.10 Å². The van der Waals surface area contributed by atoms with Crippen LogP contribution in [0.25, 0.3) is 38.9 Å². The number of anilines is 1. The normalized spacial score (nSPS) is 17.2. The molecule has 1 fully saturated rings. The van der Waals surface area contributed by atoms with Gasteiger partial charge in [-0.3, -0.25) is 0 Å². The molecular formula is C29H30N7Y-. The Morgan fingerprint density at radius 3 is 2.65 bits per heavy atom. The molecule has 0 unspecified atom stereocenters. The Kier molecular flexibility index (Phi) is 7.39. The van der Waals surface area contributed by atoms with E-state index in [0.717, 1.165) is 76.3 Å². The number of nitrogen functional groups attached to an aromatic ring is 1. The van der Waals surface area contributed by atoms with Crippen molar-refractivity contribution in [3.8, 4) is 22.5 Å².